The number of piperazine rings is 1. The molecule has 1 aromatic carbocycles. The fraction of sp³-hybridized carbons (Fsp3) is 0.650. The van der Waals surface area contributed by atoms with Gasteiger partial charge in [-0.25, -0.2) is 4.79 Å². The average molecular weight is 343 g/mol. The van der Waals surface area contributed by atoms with Crippen molar-refractivity contribution in [2.45, 2.75) is 50.8 Å². The van der Waals surface area contributed by atoms with Crippen molar-refractivity contribution in [3.8, 4) is 0 Å². The van der Waals surface area contributed by atoms with Crippen molar-refractivity contribution in [3.05, 3.63) is 35.4 Å². The van der Waals surface area contributed by atoms with E-state index >= 15 is 0 Å². The molecule has 0 spiro atoms. The number of carbonyl (C=O) groups is 1. The van der Waals surface area contributed by atoms with E-state index in [0.29, 0.717) is 24.4 Å². The first-order chi connectivity index (χ1) is 11.8. The van der Waals surface area contributed by atoms with Crippen LogP contribution in [0.1, 0.15) is 37.8 Å². The Balaban J connectivity index is 1.32. The third-order valence-corrected chi connectivity index (χ3v) is 5.91. The maximum atomic E-state index is 12.7. The molecule has 2 N–H and O–H groups in total. The summed E-state index contributed by atoms with van der Waals surface area (Å²) >= 11 is 0. The number of urea groups is 1. The monoisotopic (exact) mass is 343 g/mol. The van der Waals surface area contributed by atoms with Crippen LogP contribution in [-0.2, 0) is 6.42 Å². The lowest BCUT2D eigenvalue weighted by atomic mass is 10.1. The lowest BCUT2D eigenvalue weighted by molar-refractivity contribution is 0.0119. The quantitative estimate of drug-likeness (QED) is 0.880. The van der Waals surface area contributed by atoms with E-state index in [0.717, 1.165) is 26.1 Å². The van der Waals surface area contributed by atoms with Crippen LogP contribution in [0.2, 0.25) is 0 Å². The van der Waals surface area contributed by atoms with Crippen molar-refractivity contribution < 1.29 is 9.90 Å². The maximum absolute atomic E-state index is 12.7. The number of benzene rings is 1. The zero-order valence-corrected chi connectivity index (χ0v) is 15.4. The molecule has 2 aliphatic carbocycles. The topological polar surface area (TPSA) is 55.8 Å². The molecule has 4 rings (SSSR count). The van der Waals surface area contributed by atoms with Crippen molar-refractivity contribution in [2.75, 3.05) is 26.2 Å². The standard InChI is InChI=1S/C20H29N3O2/c1-13-11-22(12-20(2,3)25)8-9-23(13)19(24)21-18-16-10-14-6-4-5-7-15(14)17(16)18/h4-7,13,16-18,25H,8-12H2,1-3H3,(H,21,24). The Hall–Kier alpha value is -1.59. The van der Waals surface area contributed by atoms with E-state index in [9.17, 15) is 9.90 Å². The summed E-state index contributed by atoms with van der Waals surface area (Å²) in [7, 11) is 0. The molecule has 2 amide bonds. The van der Waals surface area contributed by atoms with Crippen LogP contribution in [-0.4, -0.2) is 64.8 Å². The lowest BCUT2D eigenvalue weighted by Gasteiger charge is -2.41. The zero-order chi connectivity index (χ0) is 17.8. The van der Waals surface area contributed by atoms with Crippen LogP contribution in [0.5, 0.6) is 0 Å². The minimum Gasteiger partial charge on any atom is -0.389 e. The number of rotatable bonds is 3. The number of aliphatic hydroxyl groups is 1. The van der Waals surface area contributed by atoms with Gasteiger partial charge in [0.05, 0.1) is 5.60 Å². The number of amides is 2. The van der Waals surface area contributed by atoms with E-state index in [-0.39, 0.29) is 12.1 Å². The molecule has 4 unspecified atom stereocenters. The van der Waals surface area contributed by atoms with Crippen LogP contribution in [0.3, 0.4) is 0 Å². The fourth-order valence-corrected chi connectivity index (χ4v) is 4.80. The Morgan fingerprint density at radius 3 is 2.80 bits per heavy atom. The third-order valence-electron chi connectivity index (χ3n) is 5.91. The minimum absolute atomic E-state index is 0.0762. The highest BCUT2D eigenvalue weighted by Crippen LogP contribution is 2.56. The van der Waals surface area contributed by atoms with Crippen molar-refractivity contribution in [1.82, 2.24) is 15.1 Å². The van der Waals surface area contributed by atoms with E-state index in [4.69, 9.17) is 0 Å². The summed E-state index contributed by atoms with van der Waals surface area (Å²) in [6.45, 7) is 8.78. The molecule has 0 radical (unpaired) electrons. The molecule has 1 heterocycles. The number of carbonyl (C=O) groups excluding carboxylic acids is 1. The fourth-order valence-electron chi connectivity index (χ4n) is 4.80. The summed E-state index contributed by atoms with van der Waals surface area (Å²) in [6.07, 6.45) is 1.10. The van der Waals surface area contributed by atoms with Gasteiger partial charge in [0.2, 0.25) is 0 Å². The largest absolute Gasteiger partial charge is 0.389 e. The summed E-state index contributed by atoms with van der Waals surface area (Å²) in [5.41, 5.74) is 2.20. The van der Waals surface area contributed by atoms with Crippen molar-refractivity contribution in [1.29, 1.82) is 0 Å². The second-order valence-corrected chi connectivity index (χ2v) is 8.66. The number of hydrogen-bond donors (Lipinski definition) is 2. The number of hydrogen-bond acceptors (Lipinski definition) is 3. The molecule has 0 bridgehead atoms. The molecule has 136 valence electrons. The highest BCUT2D eigenvalue weighted by molar-refractivity contribution is 5.76. The molecule has 1 aromatic rings. The summed E-state index contributed by atoms with van der Waals surface area (Å²) in [6, 6.07) is 9.18. The maximum Gasteiger partial charge on any atom is 0.317 e. The van der Waals surface area contributed by atoms with Crippen LogP contribution >= 0.6 is 0 Å². The van der Waals surface area contributed by atoms with Gasteiger partial charge < -0.3 is 15.3 Å². The number of fused-ring (bicyclic) bond motifs is 3. The van der Waals surface area contributed by atoms with Gasteiger partial charge in [0.15, 0.2) is 0 Å². The van der Waals surface area contributed by atoms with Gasteiger partial charge in [0.1, 0.15) is 0 Å². The molecule has 1 saturated carbocycles. The number of nitrogens with one attached hydrogen (secondary N) is 1. The summed E-state index contributed by atoms with van der Waals surface area (Å²) in [4.78, 5) is 16.9. The van der Waals surface area contributed by atoms with Crippen LogP contribution in [0.15, 0.2) is 24.3 Å². The Labute approximate surface area is 150 Å². The molecule has 5 nitrogen and oxygen atoms in total. The van der Waals surface area contributed by atoms with Crippen LogP contribution in [0.4, 0.5) is 4.79 Å². The molecular formula is C20H29N3O2. The highest BCUT2D eigenvalue weighted by Gasteiger charge is 2.56. The normalized spacial score (nSPS) is 31.4. The number of nitrogens with zero attached hydrogens (tertiary/aromatic N) is 2. The van der Waals surface area contributed by atoms with E-state index in [1.54, 1.807) is 0 Å². The molecule has 4 atom stereocenters. The van der Waals surface area contributed by atoms with Crippen LogP contribution < -0.4 is 5.32 Å². The van der Waals surface area contributed by atoms with Crippen LogP contribution in [0, 0.1) is 5.92 Å². The summed E-state index contributed by atoms with van der Waals surface area (Å²) in [5, 5.41) is 13.3. The van der Waals surface area contributed by atoms with E-state index < -0.39 is 5.60 Å². The minimum atomic E-state index is -0.691. The van der Waals surface area contributed by atoms with Crippen LogP contribution in [0.25, 0.3) is 0 Å². The first-order valence-corrected chi connectivity index (χ1v) is 9.43. The molecule has 0 aromatic heterocycles. The first kappa shape index (κ1) is 16.9. The van der Waals surface area contributed by atoms with Gasteiger partial charge >= 0.3 is 6.03 Å². The number of β-amino-alcohol motifs (C(OH)–C–C–N with tert-alkyl or cyclic N) is 1. The lowest BCUT2D eigenvalue weighted by Crippen LogP contribution is -2.58. The predicted octanol–water partition coefficient (Wildman–Crippen LogP) is 1.81. The molecule has 25 heavy (non-hydrogen) atoms. The SMILES string of the molecule is CC1CN(CC(C)(C)O)CCN1C(=O)NC1C2Cc3ccccc3C21. The van der Waals surface area contributed by atoms with Gasteiger partial charge in [-0.05, 0) is 44.2 Å². The van der Waals surface area contributed by atoms with Gasteiger partial charge in [0, 0.05) is 44.2 Å². The first-order valence-electron chi connectivity index (χ1n) is 9.43. The Morgan fingerprint density at radius 1 is 1.32 bits per heavy atom. The smallest absolute Gasteiger partial charge is 0.317 e. The van der Waals surface area contributed by atoms with Gasteiger partial charge in [0.25, 0.3) is 0 Å². The van der Waals surface area contributed by atoms with Gasteiger partial charge in [-0.15, -0.1) is 0 Å². The highest BCUT2D eigenvalue weighted by atomic mass is 16.3. The molecule has 3 aliphatic rings. The van der Waals surface area contributed by atoms with Crippen molar-refractivity contribution in [2.24, 2.45) is 5.92 Å². The summed E-state index contributed by atoms with van der Waals surface area (Å²) in [5.74, 6) is 1.11. The molecule has 1 aliphatic heterocycles. The van der Waals surface area contributed by atoms with Crippen molar-refractivity contribution >= 4 is 6.03 Å². The zero-order valence-electron chi connectivity index (χ0n) is 15.4. The third kappa shape index (κ3) is 3.27. The molecular weight excluding hydrogens is 314 g/mol. The Bertz CT molecular complexity index is 669. The van der Waals surface area contributed by atoms with Gasteiger partial charge in [-0.1, -0.05) is 24.3 Å². The molecule has 2 fully saturated rings. The average Bonchev–Trinajstić information content (AvgIpc) is 3.02. The van der Waals surface area contributed by atoms with E-state index in [1.807, 2.05) is 18.7 Å². The van der Waals surface area contributed by atoms with Gasteiger partial charge in [-0.3, -0.25) is 4.90 Å². The molecule has 1 saturated heterocycles. The Kier molecular flexibility index (Phi) is 4.04. The van der Waals surface area contributed by atoms with Gasteiger partial charge in [-0.2, -0.15) is 0 Å². The van der Waals surface area contributed by atoms with E-state index in [1.165, 1.54) is 11.1 Å². The Morgan fingerprint density at radius 2 is 2.08 bits per heavy atom. The predicted molar refractivity (Wildman–Crippen MR) is 97.6 cm³/mol. The van der Waals surface area contributed by atoms with E-state index in [2.05, 4.69) is 41.4 Å². The van der Waals surface area contributed by atoms with Crippen molar-refractivity contribution in [3.63, 3.8) is 0 Å². The summed E-state index contributed by atoms with van der Waals surface area (Å²) < 4.78 is 0. The molecule has 5 heteroatoms. The second-order valence-electron chi connectivity index (χ2n) is 8.66. The second kappa shape index (κ2) is 5.99.